The molecule has 4 nitrogen and oxygen atoms in total. The molecule has 0 saturated heterocycles. The third-order valence-corrected chi connectivity index (χ3v) is 2.73. The standard InChI is InChI=1S/C11H21N3O/c1-4-10(15)5-6-12-8(2)11-7-13-14-9(11)3/h7-8,10,12,15H,4-6H2,1-3H3,(H,13,14). The van der Waals surface area contributed by atoms with Gasteiger partial charge in [0.25, 0.3) is 0 Å². The number of aliphatic hydroxyl groups is 1. The average Bonchev–Trinajstić information content (AvgIpc) is 2.64. The van der Waals surface area contributed by atoms with Gasteiger partial charge in [0, 0.05) is 17.3 Å². The molecule has 0 fully saturated rings. The third-order valence-electron chi connectivity index (χ3n) is 2.73. The molecule has 15 heavy (non-hydrogen) atoms. The first-order chi connectivity index (χ1) is 7.15. The van der Waals surface area contributed by atoms with Gasteiger partial charge in [0.05, 0.1) is 12.3 Å². The third kappa shape index (κ3) is 3.64. The summed E-state index contributed by atoms with van der Waals surface area (Å²) in [5.41, 5.74) is 2.30. The van der Waals surface area contributed by atoms with E-state index in [2.05, 4.69) is 22.4 Å². The average molecular weight is 211 g/mol. The number of H-pyrrole nitrogens is 1. The Bertz CT molecular complexity index is 285. The van der Waals surface area contributed by atoms with E-state index in [9.17, 15) is 5.11 Å². The molecular formula is C11H21N3O. The number of rotatable bonds is 6. The Hall–Kier alpha value is -0.870. The Balaban J connectivity index is 2.31. The van der Waals surface area contributed by atoms with E-state index in [0.717, 1.165) is 25.1 Å². The maximum absolute atomic E-state index is 9.40. The molecule has 0 bridgehead atoms. The van der Waals surface area contributed by atoms with E-state index >= 15 is 0 Å². The summed E-state index contributed by atoms with van der Waals surface area (Å²) < 4.78 is 0. The Morgan fingerprint density at radius 1 is 1.60 bits per heavy atom. The highest BCUT2D eigenvalue weighted by molar-refractivity contribution is 5.18. The van der Waals surface area contributed by atoms with Crippen LogP contribution in [0.5, 0.6) is 0 Å². The SMILES string of the molecule is CCC(O)CCNC(C)c1cn[nH]c1C. The van der Waals surface area contributed by atoms with Crippen molar-refractivity contribution >= 4 is 0 Å². The van der Waals surface area contributed by atoms with E-state index < -0.39 is 0 Å². The van der Waals surface area contributed by atoms with E-state index in [4.69, 9.17) is 0 Å². The van der Waals surface area contributed by atoms with E-state index in [1.165, 1.54) is 5.56 Å². The summed E-state index contributed by atoms with van der Waals surface area (Å²) in [6.45, 7) is 6.95. The van der Waals surface area contributed by atoms with Crippen molar-refractivity contribution in [1.82, 2.24) is 15.5 Å². The van der Waals surface area contributed by atoms with E-state index in [1.807, 2.05) is 20.0 Å². The summed E-state index contributed by atoms with van der Waals surface area (Å²) in [6.07, 6.45) is 3.29. The molecule has 1 heterocycles. The quantitative estimate of drug-likeness (QED) is 0.668. The van der Waals surface area contributed by atoms with Crippen LogP contribution in [0.3, 0.4) is 0 Å². The van der Waals surface area contributed by atoms with Crippen LogP contribution in [0.15, 0.2) is 6.20 Å². The van der Waals surface area contributed by atoms with Crippen LogP contribution in [0.1, 0.15) is 44.0 Å². The number of nitrogens with zero attached hydrogens (tertiary/aromatic N) is 1. The van der Waals surface area contributed by atoms with Gasteiger partial charge in [-0.05, 0) is 33.2 Å². The predicted molar refractivity (Wildman–Crippen MR) is 60.7 cm³/mol. The number of hydrogen-bond acceptors (Lipinski definition) is 3. The number of aromatic amines is 1. The first kappa shape index (κ1) is 12.2. The van der Waals surface area contributed by atoms with Gasteiger partial charge in [-0.1, -0.05) is 6.92 Å². The number of aryl methyl sites for hydroxylation is 1. The summed E-state index contributed by atoms with van der Waals surface area (Å²) in [5.74, 6) is 0. The Morgan fingerprint density at radius 3 is 2.87 bits per heavy atom. The van der Waals surface area contributed by atoms with Crippen molar-refractivity contribution in [3.05, 3.63) is 17.5 Å². The van der Waals surface area contributed by atoms with Crippen LogP contribution in [0, 0.1) is 6.92 Å². The minimum absolute atomic E-state index is 0.185. The molecule has 1 aromatic heterocycles. The van der Waals surface area contributed by atoms with Gasteiger partial charge in [0.2, 0.25) is 0 Å². The molecule has 1 rings (SSSR count). The zero-order valence-electron chi connectivity index (χ0n) is 9.75. The fraction of sp³-hybridized carbons (Fsp3) is 0.727. The smallest absolute Gasteiger partial charge is 0.0549 e. The molecule has 1 aromatic rings. The first-order valence-electron chi connectivity index (χ1n) is 5.56. The van der Waals surface area contributed by atoms with Gasteiger partial charge in [-0.25, -0.2) is 0 Å². The normalized spacial score (nSPS) is 15.2. The number of aromatic nitrogens is 2. The lowest BCUT2D eigenvalue weighted by atomic mass is 10.1. The molecule has 0 aliphatic rings. The monoisotopic (exact) mass is 211 g/mol. The van der Waals surface area contributed by atoms with Crippen LogP contribution in [-0.4, -0.2) is 28.0 Å². The highest BCUT2D eigenvalue weighted by atomic mass is 16.3. The van der Waals surface area contributed by atoms with Crippen molar-refractivity contribution in [1.29, 1.82) is 0 Å². The van der Waals surface area contributed by atoms with Crippen molar-refractivity contribution in [3.63, 3.8) is 0 Å². The molecule has 0 aromatic carbocycles. The van der Waals surface area contributed by atoms with Crippen molar-refractivity contribution in [2.75, 3.05) is 6.54 Å². The molecule has 0 saturated carbocycles. The largest absolute Gasteiger partial charge is 0.393 e. The zero-order valence-corrected chi connectivity index (χ0v) is 9.75. The molecule has 4 heteroatoms. The fourth-order valence-electron chi connectivity index (χ4n) is 1.58. The van der Waals surface area contributed by atoms with Gasteiger partial charge in [0.15, 0.2) is 0 Å². The van der Waals surface area contributed by atoms with Crippen molar-refractivity contribution in [2.24, 2.45) is 0 Å². The lowest BCUT2D eigenvalue weighted by Gasteiger charge is -2.14. The molecule has 0 aliphatic heterocycles. The molecule has 86 valence electrons. The minimum Gasteiger partial charge on any atom is -0.393 e. The van der Waals surface area contributed by atoms with Crippen LogP contribution in [-0.2, 0) is 0 Å². The lowest BCUT2D eigenvalue weighted by Crippen LogP contribution is -2.23. The molecular weight excluding hydrogens is 190 g/mol. The van der Waals surface area contributed by atoms with Gasteiger partial charge in [-0.2, -0.15) is 5.10 Å². The molecule has 0 amide bonds. The van der Waals surface area contributed by atoms with Gasteiger partial charge in [0.1, 0.15) is 0 Å². The summed E-state index contributed by atoms with van der Waals surface area (Å²) in [7, 11) is 0. The van der Waals surface area contributed by atoms with E-state index in [1.54, 1.807) is 0 Å². The van der Waals surface area contributed by atoms with Gasteiger partial charge >= 0.3 is 0 Å². The van der Waals surface area contributed by atoms with Crippen LogP contribution >= 0.6 is 0 Å². The zero-order chi connectivity index (χ0) is 11.3. The topological polar surface area (TPSA) is 60.9 Å². The predicted octanol–water partition coefficient (Wildman–Crippen LogP) is 1.53. The van der Waals surface area contributed by atoms with Crippen LogP contribution < -0.4 is 5.32 Å². The molecule has 0 radical (unpaired) electrons. The van der Waals surface area contributed by atoms with Crippen LogP contribution in [0.25, 0.3) is 0 Å². The van der Waals surface area contributed by atoms with E-state index in [0.29, 0.717) is 0 Å². The number of hydrogen-bond donors (Lipinski definition) is 3. The van der Waals surface area contributed by atoms with Crippen molar-refractivity contribution in [2.45, 2.75) is 45.8 Å². The van der Waals surface area contributed by atoms with Crippen molar-refractivity contribution in [3.8, 4) is 0 Å². The summed E-state index contributed by atoms with van der Waals surface area (Å²) in [5, 5.41) is 19.7. The van der Waals surface area contributed by atoms with E-state index in [-0.39, 0.29) is 12.1 Å². The summed E-state index contributed by atoms with van der Waals surface area (Å²) >= 11 is 0. The highest BCUT2D eigenvalue weighted by Gasteiger charge is 2.09. The first-order valence-corrected chi connectivity index (χ1v) is 5.56. The Labute approximate surface area is 91.1 Å². The molecule has 2 unspecified atom stereocenters. The molecule has 3 N–H and O–H groups in total. The second kappa shape index (κ2) is 5.88. The lowest BCUT2D eigenvalue weighted by molar-refractivity contribution is 0.159. The number of aliphatic hydroxyl groups excluding tert-OH is 1. The summed E-state index contributed by atoms with van der Waals surface area (Å²) in [4.78, 5) is 0. The van der Waals surface area contributed by atoms with Gasteiger partial charge in [-0.3, -0.25) is 5.10 Å². The van der Waals surface area contributed by atoms with Gasteiger partial charge in [-0.15, -0.1) is 0 Å². The summed E-state index contributed by atoms with van der Waals surface area (Å²) in [6, 6.07) is 0.285. The maximum Gasteiger partial charge on any atom is 0.0549 e. The Morgan fingerprint density at radius 2 is 2.33 bits per heavy atom. The second-order valence-corrected chi connectivity index (χ2v) is 3.98. The molecule has 0 aliphatic carbocycles. The second-order valence-electron chi connectivity index (χ2n) is 3.98. The highest BCUT2D eigenvalue weighted by Crippen LogP contribution is 2.13. The van der Waals surface area contributed by atoms with Crippen molar-refractivity contribution < 1.29 is 5.11 Å². The fourth-order valence-corrected chi connectivity index (χ4v) is 1.58. The maximum atomic E-state index is 9.40. The van der Waals surface area contributed by atoms with Crippen LogP contribution in [0.2, 0.25) is 0 Å². The Kier molecular flexibility index (Phi) is 4.78. The van der Waals surface area contributed by atoms with Gasteiger partial charge < -0.3 is 10.4 Å². The number of nitrogens with one attached hydrogen (secondary N) is 2. The van der Waals surface area contributed by atoms with Crippen LogP contribution in [0.4, 0.5) is 0 Å². The minimum atomic E-state index is -0.185. The molecule has 0 spiro atoms. The molecule has 2 atom stereocenters.